The number of fused-ring (bicyclic) bond motifs is 1. The average Bonchev–Trinajstić information content (AvgIpc) is 3.60. The van der Waals surface area contributed by atoms with Crippen LogP contribution in [-0.2, 0) is 4.79 Å². The maximum absolute atomic E-state index is 12.9. The standard InChI is InChI=1S/C27H39N9O/c1-5-20(6-2)26(37)34-11-13-35(14-12-34)27-31-24(16-25(32-27)33-9-7-8-10-33)30-23-15-22-21(17-28-23)18-29-36(22)19(3)4/h15-20H,5-14H2,1-4H3,(H,28,30,31,32). The van der Waals surface area contributed by atoms with Gasteiger partial charge in [0.2, 0.25) is 11.9 Å². The monoisotopic (exact) mass is 505 g/mol. The van der Waals surface area contributed by atoms with Crippen LogP contribution in [0.3, 0.4) is 0 Å². The Kier molecular flexibility index (Phi) is 7.43. The van der Waals surface area contributed by atoms with Crippen molar-refractivity contribution in [3.05, 3.63) is 24.5 Å². The lowest BCUT2D eigenvalue weighted by Crippen LogP contribution is -2.50. The van der Waals surface area contributed by atoms with Crippen molar-refractivity contribution in [2.24, 2.45) is 5.92 Å². The fraction of sp³-hybridized carbons (Fsp3) is 0.593. The Morgan fingerprint density at radius 2 is 1.65 bits per heavy atom. The molecule has 10 heteroatoms. The first-order valence-corrected chi connectivity index (χ1v) is 13.7. The third-order valence-corrected chi connectivity index (χ3v) is 7.57. The molecule has 0 saturated carbocycles. The van der Waals surface area contributed by atoms with Crippen molar-refractivity contribution in [2.45, 2.75) is 59.4 Å². The van der Waals surface area contributed by atoms with Crippen molar-refractivity contribution in [1.82, 2.24) is 29.6 Å². The first-order chi connectivity index (χ1) is 18.0. The van der Waals surface area contributed by atoms with Crippen molar-refractivity contribution in [3.8, 4) is 0 Å². The van der Waals surface area contributed by atoms with E-state index in [-0.39, 0.29) is 17.9 Å². The smallest absolute Gasteiger partial charge is 0.229 e. The molecular weight excluding hydrogens is 466 g/mol. The average molecular weight is 506 g/mol. The molecule has 2 fully saturated rings. The molecule has 10 nitrogen and oxygen atoms in total. The van der Waals surface area contributed by atoms with E-state index >= 15 is 0 Å². The van der Waals surface area contributed by atoms with Crippen LogP contribution in [0.4, 0.5) is 23.4 Å². The molecular formula is C27H39N9O. The van der Waals surface area contributed by atoms with Gasteiger partial charge >= 0.3 is 0 Å². The van der Waals surface area contributed by atoms with Gasteiger partial charge in [-0.25, -0.2) is 4.98 Å². The van der Waals surface area contributed by atoms with Gasteiger partial charge in [0.15, 0.2) is 0 Å². The SMILES string of the molecule is CCC(CC)C(=O)N1CCN(c2nc(Nc3cc4c(cn3)cnn4C(C)C)cc(N3CCCC3)n2)CC1. The van der Waals surface area contributed by atoms with E-state index in [9.17, 15) is 4.79 Å². The summed E-state index contributed by atoms with van der Waals surface area (Å²) in [4.78, 5) is 33.9. The maximum atomic E-state index is 12.9. The van der Waals surface area contributed by atoms with E-state index in [1.165, 1.54) is 12.8 Å². The Morgan fingerprint density at radius 1 is 0.919 bits per heavy atom. The number of amides is 1. The van der Waals surface area contributed by atoms with Gasteiger partial charge in [0.1, 0.15) is 17.5 Å². The number of pyridine rings is 1. The summed E-state index contributed by atoms with van der Waals surface area (Å²) in [5.41, 5.74) is 1.04. The highest BCUT2D eigenvalue weighted by molar-refractivity contribution is 5.81. The molecule has 37 heavy (non-hydrogen) atoms. The summed E-state index contributed by atoms with van der Waals surface area (Å²) in [7, 11) is 0. The number of carbonyl (C=O) groups is 1. The summed E-state index contributed by atoms with van der Waals surface area (Å²) >= 11 is 0. The molecule has 5 rings (SSSR count). The summed E-state index contributed by atoms with van der Waals surface area (Å²) in [6.45, 7) is 13.3. The number of hydrogen-bond donors (Lipinski definition) is 1. The predicted molar refractivity (Wildman–Crippen MR) is 148 cm³/mol. The number of hydrogen-bond acceptors (Lipinski definition) is 8. The lowest BCUT2D eigenvalue weighted by Gasteiger charge is -2.36. The van der Waals surface area contributed by atoms with E-state index in [4.69, 9.17) is 9.97 Å². The van der Waals surface area contributed by atoms with Crippen LogP contribution < -0.4 is 15.1 Å². The van der Waals surface area contributed by atoms with Gasteiger partial charge in [-0.05, 0) is 39.5 Å². The fourth-order valence-corrected chi connectivity index (χ4v) is 5.31. The number of carbonyl (C=O) groups excluding carboxylic acids is 1. The van der Waals surface area contributed by atoms with E-state index in [0.717, 1.165) is 67.4 Å². The second-order valence-corrected chi connectivity index (χ2v) is 10.4. The van der Waals surface area contributed by atoms with E-state index in [1.54, 1.807) is 0 Å². The Balaban J connectivity index is 1.38. The van der Waals surface area contributed by atoms with Crippen molar-refractivity contribution < 1.29 is 4.79 Å². The minimum Gasteiger partial charge on any atom is -0.356 e. The van der Waals surface area contributed by atoms with Crippen LogP contribution >= 0.6 is 0 Å². The van der Waals surface area contributed by atoms with Crippen LogP contribution in [0, 0.1) is 5.92 Å². The van der Waals surface area contributed by atoms with Crippen LogP contribution in [0.5, 0.6) is 0 Å². The van der Waals surface area contributed by atoms with Crippen LogP contribution in [0.25, 0.3) is 10.9 Å². The molecule has 5 heterocycles. The van der Waals surface area contributed by atoms with Crippen molar-refractivity contribution in [1.29, 1.82) is 0 Å². The molecule has 0 spiro atoms. The van der Waals surface area contributed by atoms with E-state index in [0.29, 0.717) is 19.0 Å². The molecule has 198 valence electrons. The quantitative estimate of drug-likeness (QED) is 0.486. The highest BCUT2D eigenvalue weighted by atomic mass is 16.2. The van der Waals surface area contributed by atoms with Gasteiger partial charge < -0.3 is 20.0 Å². The number of aromatic nitrogens is 5. The van der Waals surface area contributed by atoms with Crippen LogP contribution in [0.15, 0.2) is 24.5 Å². The molecule has 1 amide bonds. The van der Waals surface area contributed by atoms with Gasteiger partial charge in [0.25, 0.3) is 0 Å². The number of nitrogens with zero attached hydrogens (tertiary/aromatic N) is 8. The van der Waals surface area contributed by atoms with Gasteiger partial charge in [-0.2, -0.15) is 15.1 Å². The van der Waals surface area contributed by atoms with Crippen molar-refractivity contribution >= 4 is 40.2 Å². The second kappa shape index (κ2) is 10.9. The number of nitrogens with one attached hydrogen (secondary N) is 1. The normalized spacial score (nSPS) is 16.4. The molecule has 2 saturated heterocycles. The van der Waals surface area contributed by atoms with Gasteiger partial charge in [-0.3, -0.25) is 9.48 Å². The summed E-state index contributed by atoms with van der Waals surface area (Å²) in [6, 6.07) is 4.31. The van der Waals surface area contributed by atoms with Gasteiger partial charge in [0.05, 0.1) is 11.7 Å². The Morgan fingerprint density at radius 3 is 2.32 bits per heavy atom. The number of piperazine rings is 1. The lowest BCUT2D eigenvalue weighted by atomic mass is 10.0. The number of rotatable bonds is 8. The molecule has 3 aromatic heterocycles. The molecule has 0 radical (unpaired) electrons. The Labute approximate surface area is 219 Å². The third-order valence-electron chi connectivity index (χ3n) is 7.57. The summed E-state index contributed by atoms with van der Waals surface area (Å²) in [6.07, 6.45) is 7.84. The van der Waals surface area contributed by atoms with E-state index < -0.39 is 0 Å². The molecule has 0 bridgehead atoms. The largest absolute Gasteiger partial charge is 0.356 e. The van der Waals surface area contributed by atoms with Gasteiger partial charge in [0, 0.05) is 74.9 Å². The second-order valence-electron chi connectivity index (χ2n) is 10.4. The summed E-state index contributed by atoms with van der Waals surface area (Å²) in [5, 5.41) is 8.95. The predicted octanol–water partition coefficient (Wildman–Crippen LogP) is 4.23. The molecule has 3 aromatic rings. The molecule has 0 aromatic carbocycles. The zero-order chi connectivity index (χ0) is 25.9. The highest BCUT2D eigenvalue weighted by Gasteiger charge is 2.27. The first kappa shape index (κ1) is 25.2. The third kappa shape index (κ3) is 5.33. The van der Waals surface area contributed by atoms with Crippen molar-refractivity contribution in [2.75, 3.05) is 54.4 Å². The van der Waals surface area contributed by atoms with Gasteiger partial charge in [-0.15, -0.1) is 0 Å². The molecule has 0 aliphatic carbocycles. The fourth-order valence-electron chi connectivity index (χ4n) is 5.31. The van der Waals surface area contributed by atoms with E-state index in [1.807, 2.05) is 34.1 Å². The molecule has 0 unspecified atom stereocenters. The summed E-state index contributed by atoms with van der Waals surface area (Å²) < 4.78 is 2.01. The highest BCUT2D eigenvalue weighted by Crippen LogP contribution is 2.27. The summed E-state index contributed by atoms with van der Waals surface area (Å²) in [5.74, 6) is 3.50. The van der Waals surface area contributed by atoms with Gasteiger partial charge in [-0.1, -0.05) is 13.8 Å². The zero-order valence-electron chi connectivity index (χ0n) is 22.5. The maximum Gasteiger partial charge on any atom is 0.229 e. The molecule has 0 atom stereocenters. The van der Waals surface area contributed by atoms with Crippen LogP contribution in [-0.4, -0.2) is 74.8 Å². The minimum absolute atomic E-state index is 0.119. The Bertz CT molecular complexity index is 1220. The topological polar surface area (TPSA) is 95.3 Å². The molecule has 1 N–H and O–H groups in total. The van der Waals surface area contributed by atoms with Crippen LogP contribution in [0.2, 0.25) is 0 Å². The van der Waals surface area contributed by atoms with Crippen molar-refractivity contribution in [3.63, 3.8) is 0 Å². The lowest BCUT2D eigenvalue weighted by molar-refractivity contribution is -0.136. The molecule has 2 aliphatic rings. The van der Waals surface area contributed by atoms with Crippen LogP contribution in [0.1, 0.15) is 59.4 Å². The molecule has 2 aliphatic heterocycles. The number of anilines is 4. The zero-order valence-corrected chi connectivity index (χ0v) is 22.5. The first-order valence-electron chi connectivity index (χ1n) is 13.7. The Hall–Kier alpha value is -3.43. The van der Waals surface area contributed by atoms with E-state index in [2.05, 4.69) is 52.9 Å². The minimum atomic E-state index is 0.119.